The molecule has 118 valence electrons. The lowest BCUT2D eigenvalue weighted by atomic mass is 9.96. The maximum atomic E-state index is 5.19. The molecule has 0 spiro atoms. The highest BCUT2D eigenvalue weighted by atomic mass is 16.5. The first-order valence-electron chi connectivity index (χ1n) is 8.10. The molecule has 0 bridgehead atoms. The number of aromatic nitrogens is 1. The first kappa shape index (κ1) is 16.2. The number of piperidine rings is 1. The van der Waals surface area contributed by atoms with E-state index in [9.17, 15) is 0 Å². The fraction of sp³-hybridized carbons (Fsp3) is 0.706. The Morgan fingerprint density at radius 1 is 1.33 bits per heavy atom. The maximum absolute atomic E-state index is 5.19. The van der Waals surface area contributed by atoms with Gasteiger partial charge in [-0.05, 0) is 56.9 Å². The monoisotopic (exact) mass is 291 g/mol. The van der Waals surface area contributed by atoms with Crippen molar-refractivity contribution in [2.24, 2.45) is 11.8 Å². The van der Waals surface area contributed by atoms with Crippen LogP contribution in [0.1, 0.15) is 32.4 Å². The minimum Gasteiger partial charge on any atom is -0.481 e. The second-order valence-corrected chi connectivity index (χ2v) is 6.44. The number of ether oxygens (including phenoxy) is 1. The van der Waals surface area contributed by atoms with Crippen molar-refractivity contribution in [2.45, 2.75) is 33.2 Å². The van der Waals surface area contributed by atoms with Crippen LogP contribution >= 0.6 is 0 Å². The van der Waals surface area contributed by atoms with Crippen molar-refractivity contribution in [1.29, 1.82) is 0 Å². The Morgan fingerprint density at radius 2 is 2.10 bits per heavy atom. The molecule has 4 nitrogen and oxygen atoms in total. The zero-order chi connectivity index (χ0) is 15.1. The number of nitrogens with one attached hydrogen (secondary N) is 1. The van der Waals surface area contributed by atoms with Gasteiger partial charge in [0.1, 0.15) is 0 Å². The van der Waals surface area contributed by atoms with E-state index in [1.807, 2.05) is 12.1 Å². The summed E-state index contributed by atoms with van der Waals surface area (Å²) in [5.74, 6) is 2.28. The van der Waals surface area contributed by atoms with Gasteiger partial charge in [-0.2, -0.15) is 0 Å². The molecule has 21 heavy (non-hydrogen) atoms. The number of rotatable bonds is 7. The molecule has 1 N–H and O–H groups in total. The van der Waals surface area contributed by atoms with Crippen LogP contribution in [0.5, 0.6) is 5.88 Å². The van der Waals surface area contributed by atoms with E-state index >= 15 is 0 Å². The molecule has 0 atom stereocenters. The van der Waals surface area contributed by atoms with Crippen molar-refractivity contribution >= 4 is 0 Å². The van der Waals surface area contributed by atoms with E-state index in [1.54, 1.807) is 7.11 Å². The van der Waals surface area contributed by atoms with E-state index in [4.69, 9.17) is 4.74 Å². The lowest BCUT2D eigenvalue weighted by Crippen LogP contribution is -2.37. The number of hydrogen-bond donors (Lipinski definition) is 1. The summed E-state index contributed by atoms with van der Waals surface area (Å²) >= 11 is 0. The summed E-state index contributed by atoms with van der Waals surface area (Å²) in [5.41, 5.74) is 1.10. The molecular weight excluding hydrogens is 262 g/mol. The third kappa shape index (κ3) is 5.64. The minimum atomic E-state index is 0.709. The van der Waals surface area contributed by atoms with Crippen LogP contribution < -0.4 is 10.1 Å². The Hall–Kier alpha value is -1.13. The van der Waals surface area contributed by atoms with Gasteiger partial charge in [-0.3, -0.25) is 4.90 Å². The van der Waals surface area contributed by atoms with E-state index in [2.05, 4.69) is 35.1 Å². The number of hydrogen-bond acceptors (Lipinski definition) is 4. The standard InChI is InChI=1S/C17H29N3O/c1-14(2)11-18-12-15-7-9-20(10-8-15)13-16-5-4-6-17(19-16)21-3/h4-6,14-15,18H,7-13H2,1-3H3. The van der Waals surface area contributed by atoms with E-state index in [1.165, 1.54) is 32.5 Å². The molecule has 0 amide bonds. The number of likely N-dealkylation sites (tertiary alicyclic amines) is 1. The molecule has 2 rings (SSSR count). The Labute approximate surface area is 128 Å². The molecule has 0 unspecified atom stereocenters. The van der Waals surface area contributed by atoms with Crippen LogP contribution in [0.4, 0.5) is 0 Å². The van der Waals surface area contributed by atoms with Crippen molar-refractivity contribution in [2.75, 3.05) is 33.3 Å². The lowest BCUT2D eigenvalue weighted by Gasteiger charge is -2.32. The second kappa shape index (κ2) is 8.35. The second-order valence-electron chi connectivity index (χ2n) is 6.44. The molecular formula is C17H29N3O. The van der Waals surface area contributed by atoms with Crippen LogP contribution in [0.25, 0.3) is 0 Å². The van der Waals surface area contributed by atoms with Crippen LogP contribution in [-0.4, -0.2) is 43.2 Å². The van der Waals surface area contributed by atoms with Gasteiger partial charge in [0, 0.05) is 12.6 Å². The van der Waals surface area contributed by atoms with E-state index in [-0.39, 0.29) is 0 Å². The highest BCUT2D eigenvalue weighted by Crippen LogP contribution is 2.18. The van der Waals surface area contributed by atoms with Gasteiger partial charge >= 0.3 is 0 Å². The van der Waals surface area contributed by atoms with Gasteiger partial charge in [0.2, 0.25) is 5.88 Å². The average Bonchev–Trinajstić information content (AvgIpc) is 2.49. The SMILES string of the molecule is COc1cccc(CN2CCC(CNCC(C)C)CC2)n1. The first-order valence-corrected chi connectivity index (χ1v) is 8.10. The third-order valence-corrected chi connectivity index (χ3v) is 4.07. The maximum Gasteiger partial charge on any atom is 0.213 e. The van der Waals surface area contributed by atoms with Crippen LogP contribution in [0, 0.1) is 11.8 Å². The van der Waals surface area contributed by atoms with Crippen molar-refractivity contribution in [3.8, 4) is 5.88 Å². The lowest BCUT2D eigenvalue weighted by molar-refractivity contribution is 0.173. The summed E-state index contributed by atoms with van der Waals surface area (Å²) in [5, 5.41) is 3.59. The van der Waals surface area contributed by atoms with Gasteiger partial charge < -0.3 is 10.1 Å². The minimum absolute atomic E-state index is 0.709. The molecule has 1 saturated heterocycles. The van der Waals surface area contributed by atoms with Gasteiger partial charge in [-0.25, -0.2) is 4.98 Å². The molecule has 1 aliphatic rings. The summed E-state index contributed by atoms with van der Waals surface area (Å²) in [6.07, 6.45) is 2.57. The van der Waals surface area contributed by atoms with Crippen LogP contribution in [0.2, 0.25) is 0 Å². The van der Waals surface area contributed by atoms with Crippen LogP contribution in [-0.2, 0) is 6.54 Å². The van der Waals surface area contributed by atoms with Crippen molar-refractivity contribution in [1.82, 2.24) is 15.2 Å². The molecule has 1 aromatic heterocycles. The first-order chi connectivity index (χ1) is 10.2. The van der Waals surface area contributed by atoms with Gasteiger partial charge in [0.15, 0.2) is 0 Å². The normalized spacial score (nSPS) is 17.3. The molecule has 4 heteroatoms. The van der Waals surface area contributed by atoms with Gasteiger partial charge in [0.05, 0.1) is 12.8 Å². The molecule has 0 saturated carbocycles. The Balaban J connectivity index is 1.71. The molecule has 0 radical (unpaired) electrons. The smallest absolute Gasteiger partial charge is 0.213 e. The van der Waals surface area contributed by atoms with E-state index < -0.39 is 0 Å². The summed E-state index contributed by atoms with van der Waals surface area (Å²) in [7, 11) is 1.67. The van der Waals surface area contributed by atoms with Crippen molar-refractivity contribution in [3.63, 3.8) is 0 Å². The molecule has 1 fully saturated rings. The molecule has 1 aliphatic heterocycles. The van der Waals surface area contributed by atoms with Crippen LogP contribution in [0.3, 0.4) is 0 Å². The van der Waals surface area contributed by atoms with Crippen LogP contribution in [0.15, 0.2) is 18.2 Å². The average molecular weight is 291 g/mol. The highest BCUT2D eigenvalue weighted by Gasteiger charge is 2.19. The fourth-order valence-corrected chi connectivity index (χ4v) is 2.81. The highest BCUT2D eigenvalue weighted by molar-refractivity contribution is 5.15. The largest absolute Gasteiger partial charge is 0.481 e. The quantitative estimate of drug-likeness (QED) is 0.838. The Kier molecular flexibility index (Phi) is 6.46. The number of nitrogens with zero attached hydrogens (tertiary/aromatic N) is 2. The summed E-state index contributed by atoms with van der Waals surface area (Å²) < 4.78 is 5.19. The molecule has 0 aliphatic carbocycles. The molecule has 1 aromatic rings. The van der Waals surface area contributed by atoms with E-state index in [0.29, 0.717) is 5.88 Å². The topological polar surface area (TPSA) is 37.4 Å². The zero-order valence-corrected chi connectivity index (χ0v) is 13.6. The summed E-state index contributed by atoms with van der Waals surface area (Å²) in [4.78, 5) is 7.00. The summed E-state index contributed by atoms with van der Waals surface area (Å²) in [6, 6.07) is 6.00. The third-order valence-electron chi connectivity index (χ3n) is 4.07. The number of methoxy groups -OCH3 is 1. The number of pyridine rings is 1. The van der Waals surface area contributed by atoms with Gasteiger partial charge in [-0.1, -0.05) is 19.9 Å². The zero-order valence-electron chi connectivity index (χ0n) is 13.6. The predicted molar refractivity (Wildman–Crippen MR) is 86.5 cm³/mol. The van der Waals surface area contributed by atoms with Gasteiger partial charge in [0.25, 0.3) is 0 Å². The fourth-order valence-electron chi connectivity index (χ4n) is 2.81. The van der Waals surface area contributed by atoms with E-state index in [0.717, 1.165) is 30.6 Å². The van der Waals surface area contributed by atoms with Gasteiger partial charge in [-0.15, -0.1) is 0 Å². The predicted octanol–water partition coefficient (Wildman–Crippen LogP) is 2.55. The summed E-state index contributed by atoms with van der Waals surface area (Å²) in [6.45, 7) is 10.1. The van der Waals surface area contributed by atoms with Crippen molar-refractivity contribution in [3.05, 3.63) is 23.9 Å². The van der Waals surface area contributed by atoms with Crippen molar-refractivity contribution < 1.29 is 4.74 Å². The molecule has 2 heterocycles. The molecule has 0 aromatic carbocycles. The Morgan fingerprint density at radius 3 is 2.76 bits per heavy atom. The Bertz CT molecular complexity index is 414.